The third kappa shape index (κ3) is 10.5. The average molecular weight is 861 g/mol. The highest BCUT2D eigenvalue weighted by Gasteiger charge is 2.36. The van der Waals surface area contributed by atoms with Gasteiger partial charge in [0, 0.05) is 32.5 Å². The van der Waals surface area contributed by atoms with Crippen molar-refractivity contribution in [3.63, 3.8) is 0 Å². The lowest BCUT2D eigenvalue weighted by Gasteiger charge is -2.22. The van der Waals surface area contributed by atoms with E-state index in [1.54, 1.807) is 50.4 Å². The highest BCUT2D eigenvalue weighted by atomic mass is 32.2. The van der Waals surface area contributed by atoms with Crippen LogP contribution >= 0.6 is 0 Å². The van der Waals surface area contributed by atoms with E-state index < -0.39 is 43.8 Å². The number of hydrogen-bond donors (Lipinski definition) is 4. The number of halogens is 1. The summed E-state index contributed by atoms with van der Waals surface area (Å²) >= 11 is 0. The minimum absolute atomic E-state index is 0.110. The van der Waals surface area contributed by atoms with Crippen molar-refractivity contribution in [2.24, 2.45) is 0 Å². The van der Waals surface area contributed by atoms with Crippen LogP contribution in [-0.4, -0.2) is 66.2 Å². The van der Waals surface area contributed by atoms with Crippen LogP contribution in [0.5, 0.6) is 0 Å². The molecule has 0 spiro atoms. The molecule has 4 N–H and O–H groups in total. The van der Waals surface area contributed by atoms with E-state index in [1.165, 1.54) is 27.8 Å². The number of fused-ring (bicyclic) bond motifs is 4. The summed E-state index contributed by atoms with van der Waals surface area (Å²) in [6.45, 7) is 2.85. The first-order valence-corrected chi connectivity index (χ1v) is 22.9. The summed E-state index contributed by atoms with van der Waals surface area (Å²) in [5.41, 5.74) is 4.75. The van der Waals surface area contributed by atoms with Gasteiger partial charge in [-0.2, -0.15) is 0 Å². The summed E-state index contributed by atoms with van der Waals surface area (Å²) in [7, 11) is -4.49. The number of nitrogens with one attached hydrogen (secondary N) is 2. The van der Waals surface area contributed by atoms with Crippen LogP contribution in [0.15, 0.2) is 88.7 Å². The SMILES string of the molecule is C#Cc1ccc2c(c1)S(=O)(=O)N(C)c1ccccc1C2NCCCCCCC(=O)O.Cc1cc2c(cc1F)C(NCCCCCCC(=O)O)c1ccccc1N(C)S2(=O)=O. The van der Waals surface area contributed by atoms with Gasteiger partial charge in [-0.1, -0.05) is 74.1 Å². The fraction of sp³-hybridized carbons (Fsp3) is 0.378. The Labute approximate surface area is 352 Å². The summed E-state index contributed by atoms with van der Waals surface area (Å²) in [4.78, 5) is 21.5. The molecule has 0 aromatic heterocycles. The maximum atomic E-state index is 14.4. The third-order valence-electron chi connectivity index (χ3n) is 10.9. The van der Waals surface area contributed by atoms with Crippen molar-refractivity contribution in [2.45, 2.75) is 93.0 Å². The Morgan fingerprint density at radius 1 is 0.650 bits per heavy atom. The van der Waals surface area contributed by atoms with Crippen LogP contribution in [0.2, 0.25) is 0 Å². The van der Waals surface area contributed by atoms with Gasteiger partial charge in [-0.25, -0.2) is 21.2 Å². The number of benzene rings is 4. The summed E-state index contributed by atoms with van der Waals surface area (Å²) in [6.07, 6.45) is 12.3. The quantitative estimate of drug-likeness (QED) is 0.0653. The Kier molecular flexibility index (Phi) is 15.5. The second kappa shape index (κ2) is 20.3. The lowest BCUT2D eigenvalue weighted by Crippen LogP contribution is -2.26. The minimum atomic E-state index is -3.82. The molecule has 0 radical (unpaired) electrons. The van der Waals surface area contributed by atoms with Crippen LogP contribution in [0.3, 0.4) is 0 Å². The normalized spacial score (nSPS) is 17.0. The largest absolute Gasteiger partial charge is 0.481 e. The standard InChI is InChI=1S/C23H26N2O4S.C22H27FN2O4S/c1-3-17-13-14-19-21(16-17)30(28,29)25(2)20-11-8-7-10-18(20)23(19)24-15-9-5-4-6-12-22(26)27;1-15-13-20-17(14-18(15)23)22(24-12-8-4-3-5-11-21(26)27)16-9-6-7-10-19(16)25(2)30(20,28)29/h1,7-8,10-11,13-14,16,23-24H,4-6,9,12,15H2,2H3,(H,26,27);6-7,9-10,13-14,22,24H,3-5,8,11-12H2,1-2H3,(H,26,27). The van der Waals surface area contributed by atoms with Crippen molar-refractivity contribution >= 4 is 43.4 Å². The molecular weight excluding hydrogens is 808 g/mol. The molecule has 320 valence electrons. The Hall–Kier alpha value is -5.27. The number of nitrogens with zero attached hydrogens (tertiary/aromatic N) is 2. The van der Waals surface area contributed by atoms with Crippen LogP contribution in [0, 0.1) is 25.1 Å². The van der Waals surface area contributed by atoms with Gasteiger partial charge < -0.3 is 20.8 Å². The summed E-state index contributed by atoms with van der Waals surface area (Å²) < 4.78 is 70.0. The fourth-order valence-electron chi connectivity index (χ4n) is 7.57. The van der Waals surface area contributed by atoms with E-state index in [9.17, 15) is 30.8 Å². The first-order chi connectivity index (χ1) is 28.6. The van der Waals surface area contributed by atoms with Crippen LogP contribution < -0.4 is 19.2 Å². The Morgan fingerprint density at radius 3 is 1.58 bits per heavy atom. The van der Waals surface area contributed by atoms with E-state index in [-0.39, 0.29) is 34.2 Å². The van der Waals surface area contributed by atoms with E-state index in [4.69, 9.17) is 16.6 Å². The number of terminal acetylenes is 1. The first-order valence-electron chi connectivity index (χ1n) is 20.1. The molecule has 15 heteroatoms. The van der Waals surface area contributed by atoms with E-state index in [0.29, 0.717) is 54.0 Å². The van der Waals surface area contributed by atoms with Gasteiger partial charge in [0.15, 0.2) is 0 Å². The summed E-state index contributed by atoms with van der Waals surface area (Å²) in [5, 5.41) is 24.3. The number of sulfonamides is 2. The molecule has 60 heavy (non-hydrogen) atoms. The highest BCUT2D eigenvalue weighted by Crippen LogP contribution is 2.42. The molecule has 0 amide bonds. The van der Waals surface area contributed by atoms with Crippen molar-refractivity contribution in [3.8, 4) is 12.3 Å². The zero-order chi connectivity index (χ0) is 43.6. The molecule has 0 saturated heterocycles. The second-order valence-corrected chi connectivity index (χ2v) is 18.9. The number of aliphatic carboxylic acids is 2. The number of aryl methyl sites for hydroxylation is 1. The molecular formula is C45H53FN4O8S2. The van der Waals surface area contributed by atoms with Gasteiger partial charge >= 0.3 is 11.9 Å². The molecule has 0 fully saturated rings. The molecule has 2 unspecified atom stereocenters. The lowest BCUT2D eigenvalue weighted by atomic mass is 9.95. The number of para-hydroxylation sites is 2. The van der Waals surface area contributed by atoms with E-state index in [0.717, 1.165) is 49.7 Å². The van der Waals surface area contributed by atoms with Gasteiger partial charge in [0.05, 0.1) is 33.2 Å². The number of rotatable bonds is 16. The molecule has 4 aromatic carbocycles. The zero-order valence-electron chi connectivity index (χ0n) is 34.2. The number of carboxylic acid groups (broad SMARTS) is 2. The van der Waals surface area contributed by atoms with Gasteiger partial charge in [0.2, 0.25) is 0 Å². The van der Waals surface area contributed by atoms with Crippen molar-refractivity contribution < 1.29 is 41.0 Å². The zero-order valence-corrected chi connectivity index (χ0v) is 35.8. The number of carboxylic acids is 2. The fourth-order valence-corrected chi connectivity index (χ4v) is 10.6. The molecule has 2 atom stereocenters. The maximum Gasteiger partial charge on any atom is 0.303 e. The molecule has 0 aliphatic carbocycles. The Balaban J connectivity index is 0.000000228. The molecule has 12 nitrogen and oxygen atoms in total. The van der Waals surface area contributed by atoms with Crippen molar-refractivity contribution in [2.75, 3.05) is 35.8 Å². The second-order valence-electron chi connectivity index (χ2n) is 15.0. The molecule has 0 bridgehead atoms. The Morgan fingerprint density at radius 2 is 1.10 bits per heavy atom. The minimum Gasteiger partial charge on any atom is -0.481 e. The van der Waals surface area contributed by atoms with E-state index in [2.05, 4.69) is 16.6 Å². The number of unbranched alkanes of at least 4 members (excludes halogenated alkanes) is 6. The highest BCUT2D eigenvalue weighted by molar-refractivity contribution is 7.93. The van der Waals surface area contributed by atoms with Crippen LogP contribution in [0.1, 0.15) is 110 Å². The molecule has 0 saturated carbocycles. The third-order valence-corrected chi connectivity index (χ3v) is 14.5. The number of hydrogen-bond acceptors (Lipinski definition) is 8. The van der Waals surface area contributed by atoms with E-state index in [1.807, 2.05) is 30.3 Å². The van der Waals surface area contributed by atoms with Crippen LogP contribution in [0.25, 0.3) is 0 Å². The maximum absolute atomic E-state index is 14.4. The predicted octanol–water partition coefficient (Wildman–Crippen LogP) is 7.51. The van der Waals surface area contributed by atoms with Gasteiger partial charge in [0.25, 0.3) is 20.0 Å². The van der Waals surface area contributed by atoms with Gasteiger partial charge in [-0.3, -0.25) is 18.2 Å². The average Bonchev–Trinajstić information content (AvgIpc) is 3.33. The summed E-state index contributed by atoms with van der Waals surface area (Å²) in [5.74, 6) is 0.526. The molecule has 2 aliphatic rings. The first kappa shape index (κ1) is 45.8. The van der Waals surface area contributed by atoms with Crippen LogP contribution in [-0.2, 0) is 29.6 Å². The molecule has 6 rings (SSSR count). The molecule has 2 aliphatic heterocycles. The number of carbonyl (C=O) groups is 2. The van der Waals surface area contributed by atoms with Crippen LogP contribution in [0.4, 0.5) is 15.8 Å². The smallest absolute Gasteiger partial charge is 0.303 e. The molecule has 2 heterocycles. The monoisotopic (exact) mass is 860 g/mol. The summed E-state index contributed by atoms with van der Waals surface area (Å²) in [6, 6.07) is 21.8. The lowest BCUT2D eigenvalue weighted by molar-refractivity contribution is -0.138. The van der Waals surface area contributed by atoms with Gasteiger partial charge in [0.1, 0.15) is 5.82 Å². The van der Waals surface area contributed by atoms with Crippen molar-refractivity contribution in [1.82, 2.24) is 10.6 Å². The van der Waals surface area contributed by atoms with Crippen molar-refractivity contribution in [1.29, 1.82) is 0 Å². The van der Waals surface area contributed by atoms with Gasteiger partial charge in [-0.05, 0) is 110 Å². The molecule has 4 aromatic rings. The van der Waals surface area contributed by atoms with Gasteiger partial charge in [-0.15, -0.1) is 6.42 Å². The van der Waals surface area contributed by atoms with Crippen molar-refractivity contribution in [3.05, 3.63) is 118 Å². The Bertz CT molecular complexity index is 2450. The van der Waals surface area contributed by atoms with E-state index >= 15 is 0 Å². The number of anilines is 2. The topological polar surface area (TPSA) is 173 Å². The predicted molar refractivity (Wildman–Crippen MR) is 231 cm³/mol.